The van der Waals surface area contributed by atoms with Crippen LogP contribution < -0.4 is 10.1 Å². The summed E-state index contributed by atoms with van der Waals surface area (Å²) in [7, 11) is 0. The third kappa shape index (κ3) is 6.29. The Hall–Kier alpha value is -5.23. The van der Waals surface area contributed by atoms with E-state index in [1.165, 1.54) is 25.0 Å². The van der Waals surface area contributed by atoms with E-state index < -0.39 is 0 Å². The quantitative estimate of drug-likeness (QED) is 0.152. The summed E-state index contributed by atoms with van der Waals surface area (Å²) in [6, 6.07) is 12.2. The van der Waals surface area contributed by atoms with Crippen molar-refractivity contribution in [2.75, 3.05) is 31.6 Å². The second kappa shape index (κ2) is 13.0. The van der Waals surface area contributed by atoms with E-state index in [9.17, 15) is 9.18 Å². The van der Waals surface area contributed by atoms with Gasteiger partial charge in [-0.3, -0.25) is 19.8 Å². The van der Waals surface area contributed by atoms with Crippen LogP contribution in [0, 0.1) is 5.82 Å². The van der Waals surface area contributed by atoms with Gasteiger partial charge < -0.3 is 15.0 Å². The SMILES string of the molecule is CCCCC(=O)Nc1cncc(-c2ccc3[nH]nc(-c4nc5nccc(-c6cc(F)cc(OCCN7CCCC7)c6)c5[nH]4)c3n2)c1. The lowest BCUT2D eigenvalue weighted by molar-refractivity contribution is -0.116. The highest BCUT2D eigenvalue weighted by Crippen LogP contribution is 2.33. The summed E-state index contributed by atoms with van der Waals surface area (Å²) in [5.41, 5.74) is 6.39. The molecule has 0 atom stereocenters. The zero-order valence-electron chi connectivity index (χ0n) is 25.5. The number of hydrogen-bond donors (Lipinski definition) is 3. The first-order chi connectivity index (χ1) is 22.5. The zero-order valence-corrected chi connectivity index (χ0v) is 25.5. The molecule has 1 aliphatic rings. The van der Waals surface area contributed by atoms with Crippen LogP contribution >= 0.6 is 0 Å². The number of carbonyl (C=O) groups excluding carboxylic acids is 1. The van der Waals surface area contributed by atoms with E-state index in [4.69, 9.17) is 14.7 Å². The third-order valence-corrected chi connectivity index (χ3v) is 8.16. The van der Waals surface area contributed by atoms with Crippen molar-refractivity contribution in [2.24, 2.45) is 0 Å². The molecule has 0 radical (unpaired) electrons. The van der Waals surface area contributed by atoms with E-state index >= 15 is 0 Å². The molecule has 7 rings (SSSR count). The number of nitrogens with zero attached hydrogens (tertiary/aromatic N) is 6. The highest BCUT2D eigenvalue weighted by atomic mass is 19.1. The monoisotopic (exact) mass is 619 g/mol. The Bertz CT molecular complexity index is 2020. The topological polar surface area (TPSA) is 138 Å². The second-order valence-electron chi connectivity index (χ2n) is 11.5. The molecule has 1 amide bonds. The Kier molecular flexibility index (Phi) is 8.34. The van der Waals surface area contributed by atoms with Gasteiger partial charge in [0.2, 0.25) is 5.91 Å². The van der Waals surface area contributed by atoms with Crippen molar-refractivity contribution in [1.82, 2.24) is 40.0 Å². The number of H-pyrrole nitrogens is 2. The van der Waals surface area contributed by atoms with Gasteiger partial charge in [0.25, 0.3) is 0 Å². The first kappa shape index (κ1) is 29.5. The third-order valence-electron chi connectivity index (χ3n) is 8.16. The molecule has 234 valence electrons. The number of hydrogen-bond acceptors (Lipinski definition) is 8. The fourth-order valence-corrected chi connectivity index (χ4v) is 5.80. The van der Waals surface area contributed by atoms with Crippen LogP contribution in [-0.4, -0.2) is 72.2 Å². The maximum Gasteiger partial charge on any atom is 0.224 e. The number of fused-ring (bicyclic) bond motifs is 2. The molecule has 1 fully saturated rings. The van der Waals surface area contributed by atoms with Gasteiger partial charge in [0.1, 0.15) is 23.7 Å². The standard InChI is InChI=1S/C34H34FN9O2/c1-2-3-6-29(45)38-24-16-22(19-36-20-24)27-7-8-28-31(39-27)32(43-42-28)34-40-30-26(9-10-37-33(30)41-34)21-15-23(35)18-25(17-21)46-14-13-44-11-4-5-12-44/h7-10,15-20H,2-6,11-14H2,1H3,(H,38,45)(H,42,43)(H,37,40,41). The van der Waals surface area contributed by atoms with Crippen LogP contribution in [0.15, 0.2) is 61.1 Å². The van der Waals surface area contributed by atoms with Crippen molar-refractivity contribution in [3.8, 4) is 39.7 Å². The maximum absolute atomic E-state index is 14.8. The van der Waals surface area contributed by atoms with Crippen LogP contribution in [0.1, 0.15) is 39.0 Å². The van der Waals surface area contributed by atoms with E-state index in [2.05, 4.69) is 42.3 Å². The van der Waals surface area contributed by atoms with Gasteiger partial charge in [0.05, 0.1) is 28.6 Å². The first-order valence-corrected chi connectivity index (χ1v) is 15.7. The lowest BCUT2D eigenvalue weighted by Crippen LogP contribution is -2.25. The number of ether oxygens (including phenoxy) is 1. The fourth-order valence-electron chi connectivity index (χ4n) is 5.80. The average Bonchev–Trinajstić information content (AvgIpc) is 3.83. The molecule has 0 saturated carbocycles. The molecular weight excluding hydrogens is 585 g/mol. The lowest BCUT2D eigenvalue weighted by atomic mass is 10.1. The predicted molar refractivity (Wildman–Crippen MR) is 175 cm³/mol. The summed E-state index contributed by atoms with van der Waals surface area (Å²) in [4.78, 5) is 36.4. The minimum Gasteiger partial charge on any atom is -0.492 e. The van der Waals surface area contributed by atoms with Crippen LogP contribution in [-0.2, 0) is 4.79 Å². The molecule has 1 aromatic carbocycles. The number of rotatable bonds is 11. The molecule has 6 heterocycles. The summed E-state index contributed by atoms with van der Waals surface area (Å²) in [6.45, 7) is 5.54. The van der Waals surface area contributed by atoms with Gasteiger partial charge >= 0.3 is 0 Å². The molecule has 0 bridgehead atoms. The number of aromatic amines is 2. The number of benzene rings is 1. The van der Waals surface area contributed by atoms with Crippen LogP contribution in [0.25, 0.3) is 56.1 Å². The number of nitrogens with one attached hydrogen (secondary N) is 3. The Morgan fingerprint density at radius 3 is 2.83 bits per heavy atom. The van der Waals surface area contributed by atoms with Gasteiger partial charge in [-0.2, -0.15) is 5.10 Å². The van der Waals surface area contributed by atoms with Gasteiger partial charge in [-0.05, 0) is 74.3 Å². The number of unbranched alkanes of at least 4 members (excludes halogenated alkanes) is 1. The number of pyridine rings is 3. The van der Waals surface area contributed by atoms with Crippen molar-refractivity contribution in [1.29, 1.82) is 0 Å². The van der Waals surface area contributed by atoms with E-state index in [0.717, 1.165) is 49.1 Å². The summed E-state index contributed by atoms with van der Waals surface area (Å²) >= 11 is 0. The zero-order chi connectivity index (χ0) is 31.5. The molecule has 12 heteroatoms. The Balaban J connectivity index is 1.17. The minimum absolute atomic E-state index is 0.0429. The highest BCUT2D eigenvalue weighted by Gasteiger charge is 2.19. The van der Waals surface area contributed by atoms with Gasteiger partial charge in [-0.1, -0.05) is 13.3 Å². The number of carbonyl (C=O) groups is 1. The molecule has 5 aromatic heterocycles. The Morgan fingerprint density at radius 2 is 1.96 bits per heavy atom. The van der Waals surface area contributed by atoms with Crippen LogP contribution in [0.5, 0.6) is 5.75 Å². The normalized spacial score (nSPS) is 13.5. The summed E-state index contributed by atoms with van der Waals surface area (Å²) in [5, 5.41) is 10.5. The number of amides is 1. The van der Waals surface area contributed by atoms with Gasteiger partial charge in [0.15, 0.2) is 17.2 Å². The van der Waals surface area contributed by atoms with Crippen molar-refractivity contribution in [3.05, 3.63) is 66.9 Å². The predicted octanol–water partition coefficient (Wildman–Crippen LogP) is 6.37. The molecule has 0 aliphatic carbocycles. The molecule has 46 heavy (non-hydrogen) atoms. The van der Waals surface area contributed by atoms with Gasteiger partial charge in [-0.25, -0.2) is 19.3 Å². The average molecular weight is 620 g/mol. The number of likely N-dealkylation sites (tertiary alicyclic amines) is 1. The van der Waals surface area contributed by atoms with E-state index in [1.54, 1.807) is 18.6 Å². The minimum atomic E-state index is -0.382. The highest BCUT2D eigenvalue weighted by molar-refractivity contribution is 5.95. The summed E-state index contributed by atoms with van der Waals surface area (Å²) < 4.78 is 20.7. The molecule has 3 N–H and O–H groups in total. The van der Waals surface area contributed by atoms with E-state index in [0.29, 0.717) is 63.9 Å². The number of halogens is 1. The molecule has 11 nitrogen and oxygen atoms in total. The van der Waals surface area contributed by atoms with E-state index in [1.807, 2.05) is 30.3 Å². The molecular formula is C34H34FN9O2. The number of aromatic nitrogens is 7. The fraction of sp³-hybridized carbons (Fsp3) is 0.294. The van der Waals surface area contributed by atoms with Crippen LogP contribution in [0.4, 0.5) is 10.1 Å². The van der Waals surface area contributed by atoms with E-state index in [-0.39, 0.29) is 11.7 Å². The maximum atomic E-state index is 14.8. The largest absolute Gasteiger partial charge is 0.492 e. The molecule has 6 aromatic rings. The van der Waals surface area contributed by atoms with Crippen molar-refractivity contribution >= 4 is 33.8 Å². The molecule has 1 aliphatic heterocycles. The van der Waals surface area contributed by atoms with Crippen molar-refractivity contribution in [2.45, 2.75) is 39.0 Å². The first-order valence-electron chi connectivity index (χ1n) is 15.7. The number of imidazole rings is 1. The molecule has 0 unspecified atom stereocenters. The Morgan fingerprint density at radius 1 is 1.07 bits per heavy atom. The Labute approximate surface area is 264 Å². The lowest BCUT2D eigenvalue weighted by Gasteiger charge is -2.15. The molecule has 1 saturated heterocycles. The molecule has 0 spiro atoms. The van der Waals surface area contributed by atoms with Crippen molar-refractivity contribution < 1.29 is 13.9 Å². The number of anilines is 1. The second-order valence-corrected chi connectivity index (χ2v) is 11.5. The smallest absolute Gasteiger partial charge is 0.224 e. The van der Waals surface area contributed by atoms with Crippen LogP contribution in [0.2, 0.25) is 0 Å². The van der Waals surface area contributed by atoms with Gasteiger partial charge in [-0.15, -0.1) is 0 Å². The summed E-state index contributed by atoms with van der Waals surface area (Å²) in [5.74, 6) is 0.526. The van der Waals surface area contributed by atoms with Gasteiger partial charge in [0, 0.05) is 42.6 Å². The summed E-state index contributed by atoms with van der Waals surface area (Å²) in [6.07, 6.45) is 9.65. The van der Waals surface area contributed by atoms with Crippen molar-refractivity contribution in [3.63, 3.8) is 0 Å². The van der Waals surface area contributed by atoms with Crippen LogP contribution in [0.3, 0.4) is 0 Å².